The Hall–Kier alpha value is -2.96. The lowest BCUT2D eigenvalue weighted by Gasteiger charge is -2.23. The minimum Gasteiger partial charge on any atom is -0.367 e. The smallest absolute Gasteiger partial charge is 0.219 e. The highest BCUT2D eigenvalue weighted by molar-refractivity contribution is 6.12. The number of aryl methyl sites for hydroxylation is 1. The van der Waals surface area contributed by atoms with Crippen molar-refractivity contribution in [3.05, 3.63) is 36.7 Å². The van der Waals surface area contributed by atoms with Crippen molar-refractivity contribution < 1.29 is 4.39 Å². The van der Waals surface area contributed by atoms with E-state index in [-0.39, 0.29) is 5.95 Å². The molecule has 138 valence electrons. The van der Waals surface area contributed by atoms with Crippen LogP contribution in [0.1, 0.15) is 32.1 Å². The maximum Gasteiger partial charge on any atom is 0.219 e. The summed E-state index contributed by atoms with van der Waals surface area (Å²) < 4.78 is 15.6. The molecule has 0 amide bonds. The number of aromatic nitrogens is 5. The van der Waals surface area contributed by atoms with Crippen molar-refractivity contribution in [3.63, 3.8) is 0 Å². The minimum absolute atomic E-state index is 0.342. The number of benzene rings is 1. The summed E-state index contributed by atoms with van der Waals surface area (Å²) in [5.41, 5.74) is 3.04. The van der Waals surface area contributed by atoms with Crippen LogP contribution >= 0.6 is 0 Å². The fourth-order valence-corrected chi connectivity index (χ4v) is 4.06. The first kappa shape index (κ1) is 16.2. The molecule has 1 saturated carbocycles. The monoisotopic (exact) mass is 364 g/mol. The van der Waals surface area contributed by atoms with Crippen LogP contribution in [0.4, 0.5) is 10.2 Å². The van der Waals surface area contributed by atoms with Crippen molar-refractivity contribution in [1.29, 1.82) is 0 Å². The van der Waals surface area contributed by atoms with Crippen LogP contribution in [-0.2, 0) is 7.05 Å². The van der Waals surface area contributed by atoms with Gasteiger partial charge in [-0.05, 0) is 30.5 Å². The fraction of sp³-hybridized carbons (Fsp3) is 0.350. The molecular formula is C20H21FN6. The maximum absolute atomic E-state index is 14.3. The van der Waals surface area contributed by atoms with Crippen molar-refractivity contribution in [2.45, 2.75) is 38.1 Å². The van der Waals surface area contributed by atoms with E-state index in [9.17, 15) is 4.39 Å². The third-order valence-electron chi connectivity index (χ3n) is 5.51. The zero-order chi connectivity index (χ0) is 18.4. The van der Waals surface area contributed by atoms with Crippen LogP contribution in [0.5, 0.6) is 0 Å². The highest BCUT2D eigenvalue weighted by Gasteiger charge is 2.18. The summed E-state index contributed by atoms with van der Waals surface area (Å²) in [4.78, 5) is 12.3. The van der Waals surface area contributed by atoms with Gasteiger partial charge in [-0.25, -0.2) is 14.6 Å². The molecule has 1 fully saturated rings. The molecule has 0 bridgehead atoms. The molecule has 4 aromatic rings. The first-order chi connectivity index (χ1) is 13.2. The van der Waals surface area contributed by atoms with E-state index in [1.54, 1.807) is 19.6 Å². The third kappa shape index (κ3) is 2.74. The number of hydrogen-bond acceptors (Lipinski definition) is 4. The van der Waals surface area contributed by atoms with Gasteiger partial charge in [-0.2, -0.15) is 9.49 Å². The van der Waals surface area contributed by atoms with Gasteiger partial charge in [-0.3, -0.25) is 0 Å². The van der Waals surface area contributed by atoms with Gasteiger partial charge in [-0.1, -0.05) is 25.3 Å². The molecule has 3 heterocycles. The number of hydrogen-bond donors (Lipinski definition) is 2. The molecule has 0 radical (unpaired) electrons. The molecule has 0 aliphatic heterocycles. The summed E-state index contributed by atoms with van der Waals surface area (Å²) >= 11 is 0. The number of anilines is 1. The Balaban J connectivity index is 1.64. The van der Waals surface area contributed by atoms with Crippen LogP contribution in [-0.4, -0.2) is 30.8 Å². The number of halogens is 1. The Bertz CT molecular complexity index is 1120. The quantitative estimate of drug-likeness (QED) is 0.565. The highest BCUT2D eigenvalue weighted by Crippen LogP contribution is 2.34. The summed E-state index contributed by atoms with van der Waals surface area (Å²) in [7, 11) is 1.60. The molecule has 1 aliphatic carbocycles. The minimum atomic E-state index is -0.342. The van der Waals surface area contributed by atoms with Gasteiger partial charge in [0.15, 0.2) is 0 Å². The number of nitrogens with one attached hydrogen (secondary N) is 2. The van der Waals surface area contributed by atoms with Crippen LogP contribution in [0.25, 0.3) is 33.1 Å². The van der Waals surface area contributed by atoms with Crippen molar-refractivity contribution in [2.75, 3.05) is 5.32 Å². The van der Waals surface area contributed by atoms with E-state index in [1.165, 1.54) is 36.8 Å². The molecule has 3 aromatic heterocycles. The first-order valence-electron chi connectivity index (χ1n) is 9.41. The number of rotatable bonds is 3. The van der Waals surface area contributed by atoms with Crippen molar-refractivity contribution in [3.8, 4) is 11.1 Å². The van der Waals surface area contributed by atoms with Crippen molar-refractivity contribution >= 4 is 27.8 Å². The third-order valence-corrected chi connectivity index (χ3v) is 5.51. The number of nitrogens with zero attached hydrogens (tertiary/aromatic N) is 4. The Morgan fingerprint density at radius 2 is 2.04 bits per heavy atom. The summed E-state index contributed by atoms with van der Waals surface area (Å²) in [5, 5.41) is 9.58. The lowest BCUT2D eigenvalue weighted by molar-refractivity contribution is 0.462. The van der Waals surface area contributed by atoms with Gasteiger partial charge in [0.1, 0.15) is 17.8 Å². The number of aromatic amines is 1. The second-order valence-corrected chi connectivity index (χ2v) is 7.28. The van der Waals surface area contributed by atoms with E-state index >= 15 is 0 Å². The van der Waals surface area contributed by atoms with E-state index < -0.39 is 0 Å². The van der Waals surface area contributed by atoms with E-state index in [0.29, 0.717) is 11.6 Å². The summed E-state index contributed by atoms with van der Waals surface area (Å²) in [6, 6.07) is 6.30. The Morgan fingerprint density at radius 3 is 2.81 bits per heavy atom. The highest BCUT2D eigenvalue weighted by atomic mass is 19.1. The van der Waals surface area contributed by atoms with E-state index in [2.05, 4.69) is 25.4 Å². The van der Waals surface area contributed by atoms with Gasteiger partial charge in [0.05, 0.1) is 17.1 Å². The van der Waals surface area contributed by atoms with Crippen LogP contribution in [0.2, 0.25) is 0 Å². The van der Waals surface area contributed by atoms with Gasteiger partial charge in [0.2, 0.25) is 5.95 Å². The van der Waals surface area contributed by atoms with E-state index in [0.717, 1.165) is 33.3 Å². The van der Waals surface area contributed by atoms with Crippen LogP contribution in [0, 0.1) is 5.95 Å². The fourth-order valence-electron chi connectivity index (χ4n) is 4.06. The molecule has 0 spiro atoms. The molecule has 1 aliphatic rings. The summed E-state index contributed by atoms with van der Waals surface area (Å²) in [6.45, 7) is 0. The normalized spacial score (nSPS) is 15.6. The Labute approximate surface area is 155 Å². The number of fused-ring (bicyclic) bond motifs is 3. The summed E-state index contributed by atoms with van der Waals surface area (Å²) in [6.07, 6.45) is 9.30. The predicted octanol–water partition coefficient (Wildman–Crippen LogP) is 4.40. The van der Waals surface area contributed by atoms with Crippen molar-refractivity contribution in [1.82, 2.24) is 24.7 Å². The summed E-state index contributed by atoms with van der Waals surface area (Å²) in [5.74, 6) is 0.507. The van der Waals surface area contributed by atoms with E-state index in [1.807, 2.05) is 18.2 Å². The molecule has 1 aromatic carbocycles. The van der Waals surface area contributed by atoms with Gasteiger partial charge in [0, 0.05) is 24.0 Å². The second-order valence-electron chi connectivity index (χ2n) is 7.28. The van der Waals surface area contributed by atoms with Crippen molar-refractivity contribution in [2.24, 2.45) is 7.05 Å². The maximum atomic E-state index is 14.3. The molecule has 0 unspecified atom stereocenters. The molecule has 0 saturated heterocycles. The lowest BCUT2D eigenvalue weighted by atomic mass is 9.95. The molecule has 0 atom stereocenters. The van der Waals surface area contributed by atoms with Gasteiger partial charge < -0.3 is 10.3 Å². The molecule has 27 heavy (non-hydrogen) atoms. The molecule has 7 heteroatoms. The molecule has 6 nitrogen and oxygen atoms in total. The second kappa shape index (κ2) is 6.33. The van der Waals surface area contributed by atoms with Crippen LogP contribution in [0.3, 0.4) is 0 Å². The molecular weight excluding hydrogens is 343 g/mol. The van der Waals surface area contributed by atoms with Gasteiger partial charge >= 0.3 is 0 Å². The lowest BCUT2D eigenvalue weighted by Crippen LogP contribution is -2.22. The zero-order valence-corrected chi connectivity index (χ0v) is 15.2. The molecule has 2 N–H and O–H groups in total. The van der Waals surface area contributed by atoms with Gasteiger partial charge in [-0.15, -0.1) is 0 Å². The van der Waals surface area contributed by atoms with Crippen LogP contribution in [0.15, 0.2) is 30.7 Å². The first-order valence-corrected chi connectivity index (χ1v) is 9.41. The Morgan fingerprint density at radius 1 is 1.19 bits per heavy atom. The SMILES string of the molecule is Cn1ncc(-c2ccc3[nH]c4ncnc(NC5CCCCC5)c4c3c2)c1F. The average molecular weight is 364 g/mol. The van der Waals surface area contributed by atoms with E-state index in [4.69, 9.17) is 0 Å². The average Bonchev–Trinajstić information content (AvgIpc) is 3.23. The molecule has 5 rings (SSSR count). The number of H-pyrrole nitrogens is 1. The largest absolute Gasteiger partial charge is 0.367 e. The zero-order valence-electron chi connectivity index (χ0n) is 15.2. The topological polar surface area (TPSA) is 71.4 Å². The van der Waals surface area contributed by atoms with Crippen LogP contribution < -0.4 is 5.32 Å². The Kier molecular flexibility index (Phi) is 3.81. The predicted molar refractivity (Wildman–Crippen MR) is 104 cm³/mol. The van der Waals surface area contributed by atoms with Gasteiger partial charge in [0.25, 0.3) is 0 Å². The standard InChI is InChI=1S/C20H21FN6/c1-27-18(21)15(10-24-27)12-7-8-16-14(9-12)17-19(22-11-23-20(17)26-16)25-13-5-3-2-4-6-13/h7-11,13H,2-6H2,1H3,(H2,22,23,25,26).